The molecule has 2 rings (SSSR count). The average molecular weight is 283 g/mol. The third-order valence-electron chi connectivity index (χ3n) is 3.38. The maximum absolute atomic E-state index is 6.43. The van der Waals surface area contributed by atoms with Crippen LogP contribution >= 0.6 is 11.6 Å². The van der Waals surface area contributed by atoms with Gasteiger partial charge in [-0.25, -0.2) is 0 Å². The Bertz CT molecular complexity index is 411. The third-order valence-corrected chi connectivity index (χ3v) is 3.69. The lowest BCUT2D eigenvalue weighted by atomic mass is 10.1. The Morgan fingerprint density at radius 2 is 2.32 bits per heavy atom. The van der Waals surface area contributed by atoms with Crippen molar-refractivity contribution in [3.05, 3.63) is 28.8 Å². The lowest BCUT2D eigenvalue weighted by molar-refractivity contribution is 0.0821. The molecule has 0 saturated carbocycles. The number of nitrogens with zero attached hydrogens (tertiary/aromatic N) is 1. The van der Waals surface area contributed by atoms with Crippen LogP contribution in [0.15, 0.2) is 18.2 Å². The fourth-order valence-corrected chi connectivity index (χ4v) is 2.72. The highest BCUT2D eigenvalue weighted by atomic mass is 35.5. The molecule has 106 valence electrons. The van der Waals surface area contributed by atoms with Gasteiger partial charge in [-0.15, -0.1) is 0 Å². The molecule has 1 aromatic carbocycles. The predicted molar refractivity (Wildman–Crippen MR) is 81.1 cm³/mol. The van der Waals surface area contributed by atoms with Crippen molar-refractivity contribution in [2.24, 2.45) is 0 Å². The topological polar surface area (TPSA) is 24.5 Å². The fraction of sp³-hybridized carbons (Fsp3) is 0.600. The molecule has 19 heavy (non-hydrogen) atoms. The lowest BCUT2D eigenvalue weighted by Gasteiger charge is -2.25. The van der Waals surface area contributed by atoms with Crippen LogP contribution in [0, 0.1) is 0 Å². The SMILES string of the molecule is CCNCc1ccc(N2CCCOC(C)C2)c(Cl)c1. The van der Waals surface area contributed by atoms with E-state index in [1.807, 2.05) is 0 Å². The highest BCUT2D eigenvalue weighted by Crippen LogP contribution is 2.28. The minimum Gasteiger partial charge on any atom is -0.377 e. The Labute approximate surface area is 120 Å². The van der Waals surface area contributed by atoms with Crippen LogP contribution in [0.3, 0.4) is 0 Å². The van der Waals surface area contributed by atoms with Crippen LogP contribution in [-0.2, 0) is 11.3 Å². The van der Waals surface area contributed by atoms with Crippen molar-refractivity contribution in [3.63, 3.8) is 0 Å². The summed E-state index contributed by atoms with van der Waals surface area (Å²) in [6.45, 7) is 8.83. The highest BCUT2D eigenvalue weighted by molar-refractivity contribution is 6.33. The molecular weight excluding hydrogens is 260 g/mol. The van der Waals surface area contributed by atoms with Gasteiger partial charge in [0.2, 0.25) is 0 Å². The smallest absolute Gasteiger partial charge is 0.0721 e. The van der Waals surface area contributed by atoms with Gasteiger partial charge in [-0.1, -0.05) is 24.6 Å². The van der Waals surface area contributed by atoms with Crippen molar-refractivity contribution in [2.45, 2.75) is 32.9 Å². The van der Waals surface area contributed by atoms with E-state index in [2.05, 4.69) is 42.3 Å². The molecule has 1 unspecified atom stereocenters. The monoisotopic (exact) mass is 282 g/mol. The highest BCUT2D eigenvalue weighted by Gasteiger charge is 2.17. The molecule has 0 radical (unpaired) electrons. The second-order valence-electron chi connectivity index (χ2n) is 5.05. The van der Waals surface area contributed by atoms with Crippen LogP contribution in [0.25, 0.3) is 0 Å². The standard InChI is InChI=1S/C15H23ClN2O/c1-3-17-10-13-5-6-15(14(16)9-13)18-7-4-8-19-12(2)11-18/h5-6,9,12,17H,3-4,7-8,10-11H2,1-2H3. The Morgan fingerprint density at radius 1 is 1.47 bits per heavy atom. The third kappa shape index (κ3) is 4.10. The van der Waals surface area contributed by atoms with E-state index in [0.29, 0.717) is 0 Å². The van der Waals surface area contributed by atoms with Gasteiger partial charge in [0.25, 0.3) is 0 Å². The van der Waals surface area contributed by atoms with Gasteiger partial charge in [0.1, 0.15) is 0 Å². The molecular formula is C15H23ClN2O. The maximum Gasteiger partial charge on any atom is 0.0721 e. The van der Waals surface area contributed by atoms with Crippen molar-refractivity contribution in [1.29, 1.82) is 0 Å². The van der Waals surface area contributed by atoms with Gasteiger partial charge in [-0.3, -0.25) is 0 Å². The zero-order chi connectivity index (χ0) is 13.7. The molecule has 0 bridgehead atoms. The number of hydrogen-bond donors (Lipinski definition) is 1. The quantitative estimate of drug-likeness (QED) is 0.919. The van der Waals surface area contributed by atoms with Gasteiger partial charge in [-0.2, -0.15) is 0 Å². The number of nitrogens with one attached hydrogen (secondary N) is 1. The molecule has 1 saturated heterocycles. The zero-order valence-electron chi connectivity index (χ0n) is 11.8. The first-order valence-corrected chi connectivity index (χ1v) is 7.44. The molecule has 1 fully saturated rings. The van der Waals surface area contributed by atoms with E-state index < -0.39 is 0 Å². The van der Waals surface area contributed by atoms with Crippen LogP contribution in [-0.4, -0.2) is 32.3 Å². The van der Waals surface area contributed by atoms with E-state index in [4.69, 9.17) is 16.3 Å². The molecule has 1 aliphatic heterocycles. The Hall–Kier alpha value is -0.770. The van der Waals surface area contributed by atoms with Crippen molar-refractivity contribution in [2.75, 3.05) is 31.1 Å². The van der Waals surface area contributed by atoms with Gasteiger partial charge in [0.15, 0.2) is 0 Å². The second kappa shape index (κ2) is 7.13. The van der Waals surface area contributed by atoms with Crippen LogP contribution in [0.4, 0.5) is 5.69 Å². The molecule has 0 spiro atoms. The van der Waals surface area contributed by atoms with Gasteiger partial charge in [-0.05, 0) is 37.6 Å². The number of ether oxygens (including phenoxy) is 1. The van der Waals surface area contributed by atoms with Crippen molar-refractivity contribution in [1.82, 2.24) is 5.32 Å². The molecule has 1 aliphatic rings. The number of benzene rings is 1. The van der Waals surface area contributed by atoms with Crippen LogP contribution in [0.5, 0.6) is 0 Å². The molecule has 1 atom stereocenters. The summed E-state index contributed by atoms with van der Waals surface area (Å²) in [7, 11) is 0. The van der Waals surface area contributed by atoms with E-state index in [1.54, 1.807) is 0 Å². The van der Waals surface area contributed by atoms with Crippen LogP contribution in [0.2, 0.25) is 5.02 Å². The Balaban J connectivity index is 2.10. The molecule has 0 aromatic heterocycles. The number of anilines is 1. The van der Waals surface area contributed by atoms with Crippen molar-refractivity contribution >= 4 is 17.3 Å². The van der Waals surface area contributed by atoms with Crippen LogP contribution in [0.1, 0.15) is 25.8 Å². The van der Waals surface area contributed by atoms with E-state index in [0.717, 1.165) is 49.9 Å². The van der Waals surface area contributed by atoms with E-state index in [-0.39, 0.29) is 6.10 Å². The first kappa shape index (κ1) is 14.6. The van der Waals surface area contributed by atoms with E-state index in [1.165, 1.54) is 5.56 Å². The van der Waals surface area contributed by atoms with Gasteiger partial charge in [0.05, 0.1) is 16.8 Å². The summed E-state index contributed by atoms with van der Waals surface area (Å²) < 4.78 is 5.68. The maximum atomic E-state index is 6.43. The molecule has 1 aromatic rings. The predicted octanol–water partition coefficient (Wildman–Crippen LogP) is 3.06. The number of rotatable bonds is 4. The second-order valence-corrected chi connectivity index (χ2v) is 5.45. The zero-order valence-corrected chi connectivity index (χ0v) is 12.5. The van der Waals surface area contributed by atoms with E-state index >= 15 is 0 Å². The minimum atomic E-state index is 0.264. The molecule has 0 aliphatic carbocycles. The summed E-state index contributed by atoms with van der Waals surface area (Å²) in [4.78, 5) is 2.33. The van der Waals surface area contributed by atoms with Crippen molar-refractivity contribution < 1.29 is 4.74 Å². The first-order chi connectivity index (χ1) is 9.20. The largest absolute Gasteiger partial charge is 0.377 e. The normalized spacial score (nSPS) is 20.4. The summed E-state index contributed by atoms with van der Waals surface area (Å²) in [6.07, 6.45) is 1.32. The van der Waals surface area contributed by atoms with Crippen LogP contribution < -0.4 is 10.2 Å². The molecule has 4 heteroatoms. The van der Waals surface area contributed by atoms with Gasteiger partial charge < -0.3 is 15.0 Å². The van der Waals surface area contributed by atoms with Crippen molar-refractivity contribution in [3.8, 4) is 0 Å². The summed E-state index contributed by atoms with van der Waals surface area (Å²) in [5.41, 5.74) is 2.36. The summed E-state index contributed by atoms with van der Waals surface area (Å²) >= 11 is 6.43. The van der Waals surface area contributed by atoms with Gasteiger partial charge in [0, 0.05) is 26.2 Å². The fourth-order valence-electron chi connectivity index (χ4n) is 2.40. The summed E-state index contributed by atoms with van der Waals surface area (Å²) in [6, 6.07) is 6.35. The Kier molecular flexibility index (Phi) is 5.49. The minimum absolute atomic E-state index is 0.264. The summed E-state index contributed by atoms with van der Waals surface area (Å²) in [5, 5.41) is 4.15. The first-order valence-electron chi connectivity index (χ1n) is 7.06. The lowest BCUT2D eigenvalue weighted by Crippen LogP contribution is -2.30. The molecule has 0 amide bonds. The van der Waals surface area contributed by atoms with E-state index in [9.17, 15) is 0 Å². The average Bonchev–Trinajstić information content (AvgIpc) is 2.61. The molecule has 3 nitrogen and oxygen atoms in total. The van der Waals surface area contributed by atoms with Gasteiger partial charge >= 0.3 is 0 Å². The molecule has 1 heterocycles. The summed E-state index contributed by atoms with van der Waals surface area (Å²) in [5.74, 6) is 0. The molecule has 1 N–H and O–H groups in total. The number of halogens is 1. The number of hydrogen-bond acceptors (Lipinski definition) is 3. The Morgan fingerprint density at radius 3 is 3.05 bits per heavy atom.